The molecular weight excluding hydrogens is 330 g/mol. The summed E-state index contributed by atoms with van der Waals surface area (Å²) in [7, 11) is 0. The number of hydrogen-bond acceptors (Lipinski definition) is 6. The zero-order valence-electron chi connectivity index (χ0n) is 14.5. The lowest BCUT2D eigenvalue weighted by Gasteiger charge is -2.34. The van der Waals surface area contributed by atoms with Crippen molar-refractivity contribution in [3.63, 3.8) is 0 Å². The maximum Gasteiger partial charge on any atom is 0.225 e. The number of nitriles is 1. The highest BCUT2D eigenvalue weighted by Gasteiger charge is 2.29. The molecule has 1 fully saturated rings. The second-order valence-electron chi connectivity index (χ2n) is 6.85. The molecule has 0 saturated carbocycles. The molecule has 2 aromatic heterocycles. The SMILES string of the molecule is N#Cc1cccnc1N1CCC(NC(=O)C2CCc3ncnn3C2)CC1. The van der Waals surface area contributed by atoms with Crippen molar-refractivity contribution in [3.8, 4) is 6.07 Å². The normalized spacial score (nSPS) is 20.3. The molecule has 4 rings (SSSR count). The summed E-state index contributed by atoms with van der Waals surface area (Å²) >= 11 is 0. The fraction of sp³-hybridized carbons (Fsp3) is 0.500. The van der Waals surface area contributed by atoms with E-state index in [0.29, 0.717) is 12.1 Å². The van der Waals surface area contributed by atoms with Gasteiger partial charge < -0.3 is 10.2 Å². The predicted molar refractivity (Wildman–Crippen MR) is 94.2 cm³/mol. The largest absolute Gasteiger partial charge is 0.355 e. The molecule has 26 heavy (non-hydrogen) atoms. The second kappa shape index (κ2) is 7.12. The number of pyridine rings is 1. The first-order chi connectivity index (χ1) is 12.7. The lowest BCUT2D eigenvalue weighted by molar-refractivity contribution is -0.126. The van der Waals surface area contributed by atoms with E-state index in [0.717, 1.165) is 50.4 Å². The quantitative estimate of drug-likeness (QED) is 0.882. The zero-order valence-corrected chi connectivity index (χ0v) is 14.5. The molecule has 0 radical (unpaired) electrons. The smallest absolute Gasteiger partial charge is 0.225 e. The summed E-state index contributed by atoms with van der Waals surface area (Å²) in [4.78, 5) is 23.3. The lowest BCUT2D eigenvalue weighted by Crippen LogP contribution is -2.47. The van der Waals surface area contributed by atoms with E-state index in [4.69, 9.17) is 0 Å². The van der Waals surface area contributed by atoms with Gasteiger partial charge in [-0.3, -0.25) is 4.79 Å². The Kier molecular flexibility index (Phi) is 4.52. The average Bonchev–Trinajstić information content (AvgIpc) is 3.16. The van der Waals surface area contributed by atoms with Gasteiger partial charge in [0.2, 0.25) is 5.91 Å². The summed E-state index contributed by atoms with van der Waals surface area (Å²) in [5.74, 6) is 1.78. The number of carbonyl (C=O) groups excluding carboxylic acids is 1. The molecule has 1 N–H and O–H groups in total. The van der Waals surface area contributed by atoms with E-state index < -0.39 is 0 Å². The number of anilines is 1. The van der Waals surface area contributed by atoms with Crippen LogP contribution < -0.4 is 10.2 Å². The molecular formula is C18H21N7O. The number of hydrogen-bond donors (Lipinski definition) is 1. The number of nitrogens with one attached hydrogen (secondary N) is 1. The van der Waals surface area contributed by atoms with Gasteiger partial charge in [-0.15, -0.1) is 0 Å². The molecule has 1 atom stereocenters. The van der Waals surface area contributed by atoms with Crippen molar-refractivity contribution < 1.29 is 4.79 Å². The monoisotopic (exact) mass is 351 g/mol. The molecule has 134 valence electrons. The van der Waals surface area contributed by atoms with Gasteiger partial charge in [-0.1, -0.05) is 0 Å². The minimum Gasteiger partial charge on any atom is -0.355 e. The van der Waals surface area contributed by atoms with Crippen LogP contribution in [0.5, 0.6) is 0 Å². The number of carbonyl (C=O) groups is 1. The Hall–Kier alpha value is -2.95. The Bertz CT molecular complexity index is 832. The number of aryl methyl sites for hydroxylation is 1. The second-order valence-corrected chi connectivity index (χ2v) is 6.85. The van der Waals surface area contributed by atoms with Crippen molar-refractivity contribution >= 4 is 11.7 Å². The Morgan fingerprint density at radius 2 is 2.12 bits per heavy atom. The van der Waals surface area contributed by atoms with Crippen LogP contribution in [0.25, 0.3) is 0 Å². The van der Waals surface area contributed by atoms with Crippen molar-refractivity contribution in [1.82, 2.24) is 25.1 Å². The van der Waals surface area contributed by atoms with Gasteiger partial charge in [-0.05, 0) is 31.4 Å². The maximum atomic E-state index is 12.6. The average molecular weight is 351 g/mol. The van der Waals surface area contributed by atoms with Gasteiger partial charge in [0.15, 0.2) is 0 Å². The van der Waals surface area contributed by atoms with Gasteiger partial charge >= 0.3 is 0 Å². The van der Waals surface area contributed by atoms with Crippen LogP contribution in [0.2, 0.25) is 0 Å². The van der Waals surface area contributed by atoms with E-state index in [2.05, 4.69) is 31.4 Å². The highest BCUT2D eigenvalue weighted by Crippen LogP contribution is 2.22. The van der Waals surface area contributed by atoms with Crippen molar-refractivity contribution in [3.05, 3.63) is 36.0 Å². The summed E-state index contributed by atoms with van der Waals surface area (Å²) in [6, 6.07) is 5.94. The third-order valence-corrected chi connectivity index (χ3v) is 5.22. The highest BCUT2D eigenvalue weighted by atomic mass is 16.2. The van der Waals surface area contributed by atoms with E-state index in [9.17, 15) is 10.1 Å². The number of aromatic nitrogens is 4. The Morgan fingerprint density at radius 1 is 1.27 bits per heavy atom. The molecule has 0 aromatic carbocycles. The maximum absolute atomic E-state index is 12.6. The molecule has 8 heteroatoms. The van der Waals surface area contributed by atoms with E-state index >= 15 is 0 Å². The van der Waals surface area contributed by atoms with Crippen LogP contribution >= 0.6 is 0 Å². The van der Waals surface area contributed by atoms with Crippen LogP contribution in [0.4, 0.5) is 5.82 Å². The standard InChI is InChI=1S/C18H21N7O/c19-10-13-2-1-7-20-17(13)24-8-5-15(6-9-24)23-18(26)14-3-4-16-21-12-22-25(16)11-14/h1-2,7,12,14-15H,3-6,8-9,11H2,(H,23,26). The van der Waals surface area contributed by atoms with Crippen molar-refractivity contribution in [2.75, 3.05) is 18.0 Å². The Labute approximate surface area is 151 Å². The molecule has 1 saturated heterocycles. The van der Waals surface area contributed by atoms with Crippen molar-refractivity contribution in [1.29, 1.82) is 5.26 Å². The first kappa shape index (κ1) is 16.5. The van der Waals surface area contributed by atoms with Gasteiger partial charge in [0.25, 0.3) is 0 Å². The van der Waals surface area contributed by atoms with Gasteiger partial charge in [0, 0.05) is 31.7 Å². The minimum atomic E-state index is -0.0387. The van der Waals surface area contributed by atoms with E-state index in [-0.39, 0.29) is 17.9 Å². The van der Waals surface area contributed by atoms with Gasteiger partial charge in [-0.25, -0.2) is 14.6 Å². The minimum absolute atomic E-state index is 0.0387. The zero-order chi connectivity index (χ0) is 17.9. The van der Waals surface area contributed by atoms with E-state index in [1.807, 2.05) is 4.68 Å². The third-order valence-electron chi connectivity index (χ3n) is 5.22. The number of fused-ring (bicyclic) bond motifs is 1. The molecule has 2 aliphatic rings. The topological polar surface area (TPSA) is 99.7 Å². The molecule has 2 aliphatic heterocycles. The van der Waals surface area contributed by atoms with Crippen LogP contribution in [-0.2, 0) is 17.8 Å². The van der Waals surface area contributed by atoms with Crippen LogP contribution in [0.15, 0.2) is 24.7 Å². The van der Waals surface area contributed by atoms with Gasteiger partial charge in [0.1, 0.15) is 24.0 Å². The number of piperidine rings is 1. The van der Waals surface area contributed by atoms with Crippen LogP contribution in [0.3, 0.4) is 0 Å². The molecule has 0 aliphatic carbocycles. The predicted octanol–water partition coefficient (Wildman–Crippen LogP) is 0.892. The van der Waals surface area contributed by atoms with Crippen LogP contribution in [0.1, 0.15) is 30.7 Å². The van der Waals surface area contributed by atoms with Gasteiger partial charge in [0.05, 0.1) is 18.0 Å². The van der Waals surface area contributed by atoms with Crippen molar-refractivity contribution in [2.45, 2.75) is 38.3 Å². The number of rotatable bonds is 3. The first-order valence-corrected chi connectivity index (χ1v) is 9.01. The van der Waals surface area contributed by atoms with Gasteiger partial charge in [-0.2, -0.15) is 10.4 Å². The molecule has 1 amide bonds. The summed E-state index contributed by atoms with van der Waals surface area (Å²) in [6.45, 7) is 2.18. The fourth-order valence-corrected chi connectivity index (χ4v) is 3.74. The Balaban J connectivity index is 1.32. The lowest BCUT2D eigenvalue weighted by atomic mass is 9.97. The first-order valence-electron chi connectivity index (χ1n) is 9.01. The molecule has 1 unspecified atom stereocenters. The van der Waals surface area contributed by atoms with Crippen LogP contribution in [-0.4, -0.2) is 44.8 Å². The molecule has 0 bridgehead atoms. The molecule has 0 spiro atoms. The summed E-state index contributed by atoms with van der Waals surface area (Å²) < 4.78 is 1.83. The van der Waals surface area contributed by atoms with E-state index in [1.54, 1.807) is 24.7 Å². The third kappa shape index (κ3) is 3.25. The molecule has 2 aromatic rings. The number of amides is 1. The summed E-state index contributed by atoms with van der Waals surface area (Å²) in [5, 5.41) is 16.6. The fourth-order valence-electron chi connectivity index (χ4n) is 3.74. The Morgan fingerprint density at radius 3 is 2.92 bits per heavy atom. The summed E-state index contributed by atoms with van der Waals surface area (Å²) in [5.41, 5.74) is 0.598. The molecule has 4 heterocycles. The molecule has 8 nitrogen and oxygen atoms in total. The van der Waals surface area contributed by atoms with Crippen molar-refractivity contribution in [2.24, 2.45) is 5.92 Å². The summed E-state index contributed by atoms with van der Waals surface area (Å²) in [6.07, 6.45) is 6.60. The van der Waals surface area contributed by atoms with Crippen LogP contribution in [0, 0.1) is 17.2 Å². The van der Waals surface area contributed by atoms with E-state index in [1.165, 1.54) is 0 Å². The highest BCUT2D eigenvalue weighted by molar-refractivity contribution is 5.79. The number of nitrogens with zero attached hydrogens (tertiary/aromatic N) is 6.